The van der Waals surface area contributed by atoms with Crippen LogP contribution in [0.4, 0.5) is 10.1 Å². The van der Waals surface area contributed by atoms with Gasteiger partial charge in [-0.05, 0) is 37.6 Å². The second-order valence-electron chi connectivity index (χ2n) is 6.27. The van der Waals surface area contributed by atoms with E-state index in [4.69, 9.17) is 4.74 Å². The van der Waals surface area contributed by atoms with Gasteiger partial charge in [-0.25, -0.2) is 4.98 Å². The van der Waals surface area contributed by atoms with Gasteiger partial charge in [0.1, 0.15) is 10.7 Å². The zero-order chi connectivity index (χ0) is 20.8. The monoisotopic (exact) mass is 410 g/mol. The molecule has 3 rings (SSSR count). The number of hydrogen-bond donors (Lipinski definition) is 3. The van der Waals surface area contributed by atoms with Gasteiger partial charge in [-0.1, -0.05) is 41.2 Å². The molecule has 29 heavy (non-hydrogen) atoms. The van der Waals surface area contributed by atoms with Crippen molar-refractivity contribution in [3.8, 4) is 22.8 Å². The highest BCUT2D eigenvalue weighted by atomic mass is 32.1. The van der Waals surface area contributed by atoms with Gasteiger partial charge in [0.2, 0.25) is 11.0 Å². The number of rotatable bonds is 7. The first-order valence-electron chi connectivity index (χ1n) is 9.06. The summed E-state index contributed by atoms with van der Waals surface area (Å²) < 4.78 is 5.37. The zero-order valence-electron chi connectivity index (χ0n) is 16.4. The molecule has 3 aromatic rings. The van der Waals surface area contributed by atoms with Crippen molar-refractivity contribution in [1.29, 1.82) is 0 Å². The molecule has 0 aliphatic rings. The van der Waals surface area contributed by atoms with Gasteiger partial charge in [0.15, 0.2) is 11.5 Å². The fourth-order valence-electron chi connectivity index (χ4n) is 2.56. The number of carbonyl (C=O) groups excluding carboxylic acids is 1. The van der Waals surface area contributed by atoms with E-state index >= 15 is 0 Å². The Labute approximate surface area is 173 Å². The number of phenols is 1. The first kappa shape index (κ1) is 20.3. The van der Waals surface area contributed by atoms with Gasteiger partial charge in [0.05, 0.1) is 12.8 Å². The molecule has 1 heterocycles. The third-order valence-corrected chi connectivity index (χ3v) is 4.77. The van der Waals surface area contributed by atoms with Crippen LogP contribution in [0.15, 0.2) is 47.6 Å². The first-order valence-corrected chi connectivity index (χ1v) is 9.88. The van der Waals surface area contributed by atoms with Crippen LogP contribution in [0.3, 0.4) is 0 Å². The summed E-state index contributed by atoms with van der Waals surface area (Å²) >= 11 is 1.30. The first-order chi connectivity index (χ1) is 14.0. The van der Waals surface area contributed by atoms with E-state index in [0.29, 0.717) is 28.2 Å². The fourth-order valence-corrected chi connectivity index (χ4v) is 3.45. The van der Waals surface area contributed by atoms with Crippen molar-refractivity contribution >= 4 is 33.6 Å². The number of aryl methyl sites for hydroxylation is 1. The highest BCUT2D eigenvalue weighted by molar-refractivity contribution is 7.20. The minimum atomic E-state index is -0.162. The van der Waals surface area contributed by atoms with Crippen molar-refractivity contribution in [2.24, 2.45) is 5.10 Å². The number of nitrogens with zero attached hydrogens (tertiary/aromatic N) is 2. The Balaban J connectivity index is 1.80. The molecule has 0 unspecified atom stereocenters. The predicted molar refractivity (Wildman–Crippen MR) is 117 cm³/mol. The highest BCUT2D eigenvalue weighted by Crippen LogP contribution is 2.36. The molecule has 0 saturated heterocycles. The smallest absolute Gasteiger partial charge is 0.221 e. The molecular formula is C21H22N4O3S. The Morgan fingerprint density at radius 3 is 2.72 bits per heavy atom. The number of ether oxygens (including phenoxy) is 1. The van der Waals surface area contributed by atoms with Gasteiger partial charge < -0.3 is 15.2 Å². The summed E-state index contributed by atoms with van der Waals surface area (Å²) in [5, 5.41) is 18.0. The quantitative estimate of drug-likeness (QED) is 0.390. The standard InChI is InChI=1S/C21H22N4O3S/c1-4-28-18-11-15(7-10-17(18)27)12-22-25-21-24-19(20(29-21)23-14(3)26)16-8-5-13(2)6-9-16/h5-12,27H,4H2,1-3H3,(H,23,26)(H,24,25)/b22-12-. The third kappa shape index (κ3) is 5.32. The minimum Gasteiger partial charge on any atom is -0.504 e. The maximum atomic E-state index is 11.6. The number of anilines is 2. The SMILES string of the molecule is CCOc1cc(/C=N\Nc2nc(-c3ccc(C)cc3)c(NC(C)=O)s2)ccc1O. The average molecular weight is 410 g/mol. The largest absolute Gasteiger partial charge is 0.504 e. The van der Waals surface area contributed by atoms with E-state index in [1.54, 1.807) is 24.4 Å². The molecule has 0 aliphatic carbocycles. The Bertz CT molecular complexity index is 1030. The summed E-state index contributed by atoms with van der Waals surface area (Å²) in [6, 6.07) is 12.9. The number of benzene rings is 2. The number of thiazole rings is 1. The van der Waals surface area contributed by atoms with Gasteiger partial charge in [-0.2, -0.15) is 5.10 Å². The molecule has 2 aromatic carbocycles. The van der Waals surface area contributed by atoms with Crippen molar-refractivity contribution in [1.82, 2.24) is 4.98 Å². The fraction of sp³-hybridized carbons (Fsp3) is 0.190. The summed E-state index contributed by atoms with van der Waals surface area (Å²) in [6.07, 6.45) is 1.60. The van der Waals surface area contributed by atoms with Crippen LogP contribution >= 0.6 is 11.3 Å². The lowest BCUT2D eigenvalue weighted by Gasteiger charge is -2.05. The van der Waals surface area contributed by atoms with Gasteiger partial charge in [0.25, 0.3) is 0 Å². The summed E-state index contributed by atoms with van der Waals surface area (Å²) in [7, 11) is 0. The highest BCUT2D eigenvalue weighted by Gasteiger charge is 2.14. The van der Waals surface area contributed by atoms with Crippen LogP contribution in [0, 0.1) is 6.92 Å². The van der Waals surface area contributed by atoms with E-state index in [-0.39, 0.29) is 11.7 Å². The molecule has 0 atom stereocenters. The molecule has 8 heteroatoms. The van der Waals surface area contributed by atoms with Gasteiger partial charge in [-0.3, -0.25) is 10.2 Å². The van der Waals surface area contributed by atoms with Crippen LogP contribution in [0.1, 0.15) is 25.0 Å². The predicted octanol–water partition coefficient (Wildman–Crippen LogP) is 4.63. The van der Waals surface area contributed by atoms with E-state index < -0.39 is 0 Å². The topological polar surface area (TPSA) is 95.8 Å². The number of carbonyl (C=O) groups is 1. The number of aromatic nitrogens is 1. The Hall–Kier alpha value is -3.39. The number of phenolic OH excluding ortho intramolecular Hbond substituents is 1. The van der Waals surface area contributed by atoms with Crippen molar-refractivity contribution in [3.05, 3.63) is 53.6 Å². The van der Waals surface area contributed by atoms with Crippen molar-refractivity contribution in [2.75, 3.05) is 17.3 Å². The third-order valence-electron chi connectivity index (χ3n) is 3.90. The van der Waals surface area contributed by atoms with Crippen molar-refractivity contribution < 1.29 is 14.6 Å². The molecule has 0 aliphatic heterocycles. The second-order valence-corrected chi connectivity index (χ2v) is 7.27. The molecule has 0 bridgehead atoms. The summed E-state index contributed by atoms with van der Waals surface area (Å²) in [4.78, 5) is 16.1. The van der Waals surface area contributed by atoms with E-state index in [0.717, 1.165) is 16.7 Å². The molecule has 0 spiro atoms. The summed E-state index contributed by atoms with van der Waals surface area (Å²) in [5.74, 6) is 0.324. The molecule has 1 amide bonds. The molecule has 7 nitrogen and oxygen atoms in total. The Morgan fingerprint density at radius 2 is 2.03 bits per heavy atom. The van der Waals surface area contributed by atoms with Crippen LogP contribution in [0.25, 0.3) is 11.3 Å². The maximum absolute atomic E-state index is 11.6. The van der Waals surface area contributed by atoms with Crippen molar-refractivity contribution in [2.45, 2.75) is 20.8 Å². The van der Waals surface area contributed by atoms with Crippen LogP contribution in [-0.4, -0.2) is 28.8 Å². The van der Waals surface area contributed by atoms with Crippen LogP contribution in [0.5, 0.6) is 11.5 Å². The molecule has 150 valence electrons. The van der Waals surface area contributed by atoms with Gasteiger partial charge >= 0.3 is 0 Å². The molecule has 1 aromatic heterocycles. The number of aromatic hydroxyl groups is 1. The van der Waals surface area contributed by atoms with Crippen LogP contribution < -0.4 is 15.5 Å². The lowest BCUT2D eigenvalue weighted by molar-refractivity contribution is -0.114. The average Bonchev–Trinajstić information content (AvgIpc) is 3.07. The number of nitrogens with one attached hydrogen (secondary N) is 2. The number of hydrazone groups is 1. The van der Waals surface area contributed by atoms with Crippen LogP contribution in [-0.2, 0) is 4.79 Å². The second kappa shape index (κ2) is 9.20. The normalized spacial score (nSPS) is 10.9. The molecule has 3 N–H and O–H groups in total. The number of amides is 1. The molecule has 0 fully saturated rings. The summed E-state index contributed by atoms with van der Waals surface area (Å²) in [6.45, 7) is 5.79. The van der Waals surface area contributed by atoms with Gasteiger partial charge in [-0.15, -0.1) is 0 Å². The lowest BCUT2D eigenvalue weighted by atomic mass is 10.1. The number of hydrogen-bond acceptors (Lipinski definition) is 7. The van der Waals surface area contributed by atoms with E-state index in [1.807, 2.05) is 38.1 Å². The van der Waals surface area contributed by atoms with E-state index in [2.05, 4.69) is 20.8 Å². The van der Waals surface area contributed by atoms with E-state index in [9.17, 15) is 9.90 Å². The maximum Gasteiger partial charge on any atom is 0.221 e. The van der Waals surface area contributed by atoms with Crippen molar-refractivity contribution in [3.63, 3.8) is 0 Å². The summed E-state index contributed by atoms with van der Waals surface area (Å²) in [5.41, 5.74) is 6.40. The minimum absolute atomic E-state index is 0.0829. The molecule has 0 saturated carbocycles. The lowest BCUT2D eigenvalue weighted by Crippen LogP contribution is -2.05. The van der Waals surface area contributed by atoms with Gasteiger partial charge in [0, 0.05) is 12.5 Å². The van der Waals surface area contributed by atoms with Crippen LogP contribution in [0.2, 0.25) is 0 Å². The zero-order valence-corrected chi connectivity index (χ0v) is 17.2. The van der Waals surface area contributed by atoms with E-state index in [1.165, 1.54) is 18.3 Å². The molecule has 0 radical (unpaired) electrons. The molecular weight excluding hydrogens is 388 g/mol. The Morgan fingerprint density at radius 1 is 1.28 bits per heavy atom. The Kier molecular flexibility index (Phi) is 6.46.